The Morgan fingerprint density at radius 1 is 0.784 bits per heavy atom. The number of hydrogen-bond donors (Lipinski definition) is 4. The number of aromatic nitrogens is 3. The summed E-state index contributed by atoms with van der Waals surface area (Å²) in [6, 6.07) is 26.4. The third-order valence-electron chi connectivity index (χ3n) is 5.36. The number of rotatable bonds is 6. The summed E-state index contributed by atoms with van der Waals surface area (Å²) in [7, 11) is 0. The SMILES string of the molecule is Cc1cc(Nc2ccc(NC(=O)c3ccc(Nc4ccnc5ccccc45)cc3)cc2)nc(N)n1.Cl.Cl. The minimum Gasteiger partial charge on any atom is -0.368 e. The molecule has 0 saturated heterocycles. The molecule has 8 nitrogen and oxygen atoms in total. The van der Waals surface area contributed by atoms with E-state index < -0.39 is 0 Å². The Morgan fingerprint density at radius 2 is 1.43 bits per heavy atom. The highest BCUT2D eigenvalue weighted by atomic mass is 35.5. The first-order chi connectivity index (χ1) is 17.0. The second-order valence-electron chi connectivity index (χ2n) is 7.99. The van der Waals surface area contributed by atoms with Crippen molar-refractivity contribution in [2.45, 2.75) is 6.92 Å². The lowest BCUT2D eigenvalue weighted by atomic mass is 10.1. The van der Waals surface area contributed by atoms with Crippen LogP contribution in [0.3, 0.4) is 0 Å². The van der Waals surface area contributed by atoms with Crippen molar-refractivity contribution in [3.8, 4) is 0 Å². The summed E-state index contributed by atoms with van der Waals surface area (Å²) in [4.78, 5) is 25.3. The molecule has 0 radical (unpaired) electrons. The fourth-order valence-corrected chi connectivity index (χ4v) is 3.71. The Labute approximate surface area is 226 Å². The summed E-state index contributed by atoms with van der Waals surface area (Å²) < 4.78 is 0. The molecule has 5 rings (SSSR count). The van der Waals surface area contributed by atoms with Crippen molar-refractivity contribution >= 4 is 76.1 Å². The Bertz CT molecular complexity index is 1480. The van der Waals surface area contributed by atoms with Gasteiger partial charge >= 0.3 is 0 Å². The van der Waals surface area contributed by atoms with Crippen molar-refractivity contribution in [2.75, 3.05) is 21.7 Å². The van der Waals surface area contributed by atoms with Gasteiger partial charge in [-0.3, -0.25) is 9.78 Å². The van der Waals surface area contributed by atoms with Crippen molar-refractivity contribution in [3.63, 3.8) is 0 Å². The van der Waals surface area contributed by atoms with E-state index in [9.17, 15) is 4.79 Å². The normalized spacial score (nSPS) is 10.1. The zero-order valence-corrected chi connectivity index (χ0v) is 21.4. The van der Waals surface area contributed by atoms with Gasteiger partial charge in [0.2, 0.25) is 5.95 Å². The first-order valence-electron chi connectivity index (χ1n) is 11.0. The van der Waals surface area contributed by atoms with Gasteiger partial charge in [-0.25, -0.2) is 4.98 Å². The lowest BCUT2D eigenvalue weighted by Gasteiger charge is -2.11. The van der Waals surface area contributed by atoms with E-state index in [0.29, 0.717) is 17.1 Å². The number of halogens is 2. The van der Waals surface area contributed by atoms with Crippen LogP contribution in [0, 0.1) is 6.92 Å². The maximum atomic E-state index is 12.7. The number of pyridine rings is 1. The van der Waals surface area contributed by atoms with Crippen LogP contribution < -0.4 is 21.7 Å². The standard InChI is InChI=1S/C27H23N7O.2ClH/c1-17-16-25(34-27(28)30-17)32-20-10-12-21(13-11-20)33-26(35)18-6-8-19(9-7-18)31-24-14-15-29-23-5-3-2-4-22(23)24;;/h2-16H,1H3,(H,29,31)(H,33,35)(H3,28,30,32,34);2*1H. The van der Waals surface area contributed by atoms with Crippen molar-refractivity contribution in [1.29, 1.82) is 0 Å². The number of fused-ring (bicyclic) bond motifs is 1. The van der Waals surface area contributed by atoms with Crippen molar-refractivity contribution in [2.24, 2.45) is 0 Å². The molecule has 2 heterocycles. The number of nitrogens with two attached hydrogens (primary N) is 1. The molecule has 0 aliphatic carbocycles. The highest BCUT2D eigenvalue weighted by Gasteiger charge is 2.08. The molecule has 1 amide bonds. The van der Waals surface area contributed by atoms with E-state index in [1.54, 1.807) is 18.3 Å². The highest BCUT2D eigenvalue weighted by molar-refractivity contribution is 6.04. The van der Waals surface area contributed by atoms with Crippen molar-refractivity contribution in [3.05, 3.63) is 102 Å². The highest BCUT2D eigenvalue weighted by Crippen LogP contribution is 2.25. The monoisotopic (exact) mass is 533 g/mol. The number of benzene rings is 3. The van der Waals surface area contributed by atoms with Crippen LogP contribution in [-0.2, 0) is 0 Å². The first kappa shape index (κ1) is 27.2. The van der Waals surface area contributed by atoms with E-state index in [-0.39, 0.29) is 36.7 Å². The van der Waals surface area contributed by atoms with Crippen LogP contribution in [0.4, 0.5) is 34.5 Å². The van der Waals surface area contributed by atoms with E-state index in [2.05, 4.69) is 30.9 Å². The van der Waals surface area contributed by atoms with Gasteiger partial charge < -0.3 is 21.7 Å². The molecule has 0 aliphatic rings. The summed E-state index contributed by atoms with van der Waals surface area (Å²) in [6.07, 6.45) is 1.78. The zero-order chi connectivity index (χ0) is 24.2. The van der Waals surface area contributed by atoms with Gasteiger partial charge in [0.25, 0.3) is 5.91 Å². The molecule has 0 aliphatic heterocycles. The molecular formula is C27H25Cl2N7O. The van der Waals surface area contributed by atoms with Crippen LogP contribution in [0.1, 0.15) is 16.1 Å². The van der Waals surface area contributed by atoms with Crippen LogP contribution >= 0.6 is 24.8 Å². The predicted octanol–water partition coefficient (Wildman–Crippen LogP) is 6.50. The molecule has 0 spiro atoms. The van der Waals surface area contributed by atoms with Crippen LogP contribution in [0.25, 0.3) is 10.9 Å². The third kappa shape index (κ3) is 6.63. The molecule has 0 unspecified atom stereocenters. The largest absolute Gasteiger partial charge is 0.368 e. The second-order valence-corrected chi connectivity index (χ2v) is 7.99. The summed E-state index contributed by atoms with van der Waals surface area (Å²) in [5.74, 6) is 0.637. The maximum Gasteiger partial charge on any atom is 0.255 e. The number of nitrogens with one attached hydrogen (secondary N) is 3. The van der Waals surface area contributed by atoms with Gasteiger partial charge in [0.15, 0.2) is 0 Å². The first-order valence-corrected chi connectivity index (χ1v) is 11.0. The zero-order valence-electron chi connectivity index (χ0n) is 19.8. The Balaban J connectivity index is 0.00000190. The van der Waals surface area contributed by atoms with Gasteiger partial charge in [-0.2, -0.15) is 4.98 Å². The summed E-state index contributed by atoms with van der Waals surface area (Å²) in [5.41, 5.74) is 11.3. The average molecular weight is 534 g/mol. The van der Waals surface area contributed by atoms with Gasteiger partial charge in [-0.1, -0.05) is 18.2 Å². The molecule has 2 aromatic heterocycles. The fourth-order valence-electron chi connectivity index (χ4n) is 3.71. The molecule has 10 heteroatoms. The van der Waals surface area contributed by atoms with Crippen LogP contribution in [0.2, 0.25) is 0 Å². The smallest absolute Gasteiger partial charge is 0.255 e. The number of carbonyl (C=O) groups is 1. The number of anilines is 6. The second kappa shape index (κ2) is 12.0. The van der Waals surface area contributed by atoms with E-state index >= 15 is 0 Å². The molecule has 37 heavy (non-hydrogen) atoms. The van der Waals surface area contributed by atoms with Gasteiger partial charge in [-0.05, 0) is 67.6 Å². The molecule has 0 fully saturated rings. The molecule has 0 bridgehead atoms. The van der Waals surface area contributed by atoms with Crippen LogP contribution in [0.15, 0.2) is 91.1 Å². The van der Waals surface area contributed by atoms with Crippen LogP contribution in [-0.4, -0.2) is 20.9 Å². The number of para-hydroxylation sites is 1. The summed E-state index contributed by atoms with van der Waals surface area (Å²) in [6.45, 7) is 1.85. The van der Waals surface area contributed by atoms with E-state index in [1.165, 1.54) is 0 Å². The molecule has 0 atom stereocenters. The van der Waals surface area contributed by atoms with Gasteiger partial charge in [-0.15, -0.1) is 24.8 Å². The van der Waals surface area contributed by atoms with E-state index in [0.717, 1.165) is 33.7 Å². The summed E-state index contributed by atoms with van der Waals surface area (Å²) >= 11 is 0. The van der Waals surface area contributed by atoms with Crippen molar-refractivity contribution in [1.82, 2.24) is 15.0 Å². The van der Waals surface area contributed by atoms with Gasteiger partial charge in [0.05, 0.1) is 5.52 Å². The Morgan fingerprint density at radius 3 is 2.16 bits per heavy atom. The topological polar surface area (TPSA) is 118 Å². The molecule has 5 N–H and O–H groups in total. The minimum atomic E-state index is -0.189. The average Bonchev–Trinajstić information content (AvgIpc) is 2.85. The molecule has 188 valence electrons. The van der Waals surface area contributed by atoms with Gasteiger partial charge in [0, 0.05) is 51.7 Å². The number of amides is 1. The Hall–Kier alpha value is -4.40. The van der Waals surface area contributed by atoms with Gasteiger partial charge in [0.1, 0.15) is 5.82 Å². The maximum absolute atomic E-state index is 12.7. The fraction of sp³-hybridized carbons (Fsp3) is 0.0370. The lowest BCUT2D eigenvalue weighted by molar-refractivity contribution is 0.102. The number of nitrogens with zero attached hydrogens (tertiary/aromatic N) is 3. The number of aryl methyl sites for hydroxylation is 1. The molecular weight excluding hydrogens is 509 g/mol. The molecule has 0 saturated carbocycles. The quantitative estimate of drug-likeness (QED) is 0.196. The van der Waals surface area contributed by atoms with Crippen LogP contribution in [0.5, 0.6) is 0 Å². The minimum absolute atomic E-state index is 0. The number of carbonyl (C=O) groups excluding carboxylic acids is 1. The molecule has 5 aromatic rings. The molecule has 3 aromatic carbocycles. The predicted molar refractivity (Wildman–Crippen MR) is 155 cm³/mol. The number of nitrogen functional groups attached to an aromatic ring is 1. The third-order valence-corrected chi connectivity index (χ3v) is 5.36. The van der Waals surface area contributed by atoms with E-state index in [4.69, 9.17) is 5.73 Å². The summed E-state index contributed by atoms with van der Waals surface area (Å²) in [5, 5.41) is 10.5. The van der Waals surface area contributed by atoms with E-state index in [1.807, 2.05) is 79.7 Å². The van der Waals surface area contributed by atoms with Crippen molar-refractivity contribution < 1.29 is 4.79 Å². The lowest BCUT2D eigenvalue weighted by Crippen LogP contribution is -2.11. The Kier molecular flexibility index (Phi) is 8.84. The number of hydrogen-bond acceptors (Lipinski definition) is 7.